The van der Waals surface area contributed by atoms with Gasteiger partial charge in [0.1, 0.15) is 12.0 Å². The molecule has 0 aliphatic rings. The van der Waals surface area contributed by atoms with Crippen molar-refractivity contribution < 1.29 is 4.79 Å². The Balaban J connectivity index is 2.31. The van der Waals surface area contributed by atoms with Crippen LogP contribution in [0.25, 0.3) is 0 Å². The van der Waals surface area contributed by atoms with E-state index in [-0.39, 0.29) is 5.91 Å². The third-order valence-electron chi connectivity index (χ3n) is 3.25. The van der Waals surface area contributed by atoms with E-state index < -0.39 is 0 Å². The minimum atomic E-state index is -0.173. The quantitative estimate of drug-likeness (QED) is 0.859. The molecule has 21 heavy (non-hydrogen) atoms. The lowest BCUT2D eigenvalue weighted by Gasteiger charge is -2.18. The van der Waals surface area contributed by atoms with Crippen molar-refractivity contribution in [3.05, 3.63) is 41.7 Å². The van der Waals surface area contributed by atoms with Crippen molar-refractivity contribution in [2.45, 2.75) is 27.2 Å². The molecule has 0 fully saturated rings. The normalized spacial score (nSPS) is 10.7. The zero-order chi connectivity index (χ0) is 15.4. The molecule has 1 amide bonds. The first-order valence-corrected chi connectivity index (χ1v) is 6.86. The van der Waals surface area contributed by atoms with Crippen LogP contribution >= 0.6 is 0 Å². The largest absolute Gasteiger partial charge is 0.308 e. The van der Waals surface area contributed by atoms with Gasteiger partial charge in [-0.2, -0.15) is 10.2 Å². The minimum absolute atomic E-state index is 0.173. The van der Waals surface area contributed by atoms with Crippen LogP contribution in [-0.4, -0.2) is 33.1 Å². The summed E-state index contributed by atoms with van der Waals surface area (Å²) in [5.41, 5.74) is 2.87. The molecule has 0 radical (unpaired) electrons. The molecule has 0 bridgehead atoms. The van der Waals surface area contributed by atoms with Crippen LogP contribution < -0.4 is 4.90 Å². The predicted octanol–water partition coefficient (Wildman–Crippen LogP) is 2.05. The standard InChI is InChI=1S/C15H19N5O/c1-10(2)7-13-11(3)14(17-9-16-13)15(21)20(4)12-5-6-18-19-8-12/h5-6,8-10H,7H2,1-4H3. The van der Waals surface area contributed by atoms with Crippen molar-refractivity contribution in [1.82, 2.24) is 20.2 Å². The number of hydrogen-bond donors (Lipinski definition) is 0. The lowest BCUT2D eigenvalue weighted by Crippen LogP contribution is -2.28. The van der Waals surface area contributed by atoms with E-state index in [1.54, 1.807) is 25.5 Å². The summed E-state index contributed by atoms with van der Waals surface area (Å²) in [4.78, 5) is 22.6. The van der Waals surface area contributed by atoms with Crippen LogP contribution in [0.1, 0.15) is 35.6 Å². The fourth-order valence-corrected chi connectivity index (χ4v) is 2.05. The Labute approximate surface area is 124 Å². The molecule has 0 spiro atoms. The highest BCUT2D eigenvalue weighted by Gasteiger charge is 2.19. The molecule has 0 saturated carbocycles. The number of nitrogens with zero attached hydrogens (tertiary/aromatic N) is 5. The van der Waals surface area contributed by atoms with Gasteiger partial charge in [-0.05, 0) is 25.3 Å². The minimum Gasteiger partial charge on any atom is -0.308 e. The molecular formula is C15H19N5O. The molecule has 2 aromatic heterocycles. The SMILES string of the molecule is Cc1c(CC(C)C)ncnc1C(=O)N(C)c1ccnnc1. The van der Waals surface area contributed by atoms with Gasteiger partial charge in [-0.3, -0.25) is 4.79 Å². The average Bonchev–Trinajstić information content (AvgIpc) is 2.48. The van der Waals surface area contributed by atoms with E-state index in [0.29, 0.717) is 17.3 Å². The average molecular weight is 285 g/mol. The molecule has 2 aromatic rings. The zero-order valence-electron chi connectivity index (χ0n) is 12.7. The van der Waals surface area contributed by atoms with Crippen molar-refractivity contribution in [2.75, 3.05) is 11.9 Å². The highest BCUT2D eigenvalue weighted by Crippen LogP contribution is 2.17. The lowest BCUT2D eigenvalue weighted by molar-refractivity contribution is 0.0987. The Morgan fingerprint density at radius 1 is 1.29 bits per heavy atom. The smallest absolute Gasteiger partial charge is 0.277 e. The monoisotopic (exact) mass is 285 g/mol. The van der Waals surface area contributed by atoms with Crippen molar-refractivity contribution >= 4 is 11.6 Å². The topological polar surface area (TPSA) is 71.9 Å². The number of aromatic nitrogens is 4. The maximum atomic E-state index is 12.6. The van der Waals surface area contributed by atoms with Crippen LogP contribution in [0, 0.1) is 12.8 Å². The van der Waals surface area contributed by atoms with Crippen LogP contribution in [0.15, 0.2) is 24.8 Å². The van der Waals surface area contributed by atoms with Gasteiger partial charge in [0.15, 0.2) is 0 Å². The third-order valence-corrected chi connectivity index (χ3v) is 3.25. The number of carbonyl (C=O) groups excluding carboxylic acids is 1. The highest BCUT2D eigenvalue weighted by atomic mass is 16.2. The number of amides is 1. The molecule has 110 valence electrons. The summed E-state index contributed by atoms with van der Waals surface area (Å²) >= 11 is 0. The van der Waals surface area contributed by atoms with Crippen LogP contribution in [0.2, 0.25) is 0 Å². The molecule has 6 nitrogen and oxygen atoms in total. The molecule has 0 aliphatic heterocycles. The van der Waals surface area contributed by atoms with E-state index >= 15 is 0 Å². The second-order valence-corrected chi connectivity index (χ2v) is 5.36. The number of hydrogen-bond acceptors (Lipinski definition) is 5. The third kappa shape index (κ3) is 3.39. The van der Waals surface area contributed by atoms with Crippen molar-refractivity contribution in [3.63, 3.8) is 0 Å². The summed E-state index contributed by atoms with van der Waals surface area (Å²) in [6.45, 7) is 6.14. The van der Waals surface area contributed by atoms with E-state index in [1.165, 1.54) is 11.2 Å². The Kier molecular flexibility index (Phi) is 4.57. The van der Waals surface area contributed by atoms with Gasteiger partial charge in [-0.25, -0.2) is 9.97 Å². The summed E-state index contributed by atoms with van der Waals surface area (Å²) in [5.74, 6) is 0.302. The van der Waals surface area contributed by atoms with Gasteiger partial charge >= 0.3 is 0 Å². The number of anilines is 1. The van der Waals surface area contributed by atoms with Gasteiger partial charge in [-0.1, -0.05) is 13.8 Å². The zero-order valence-corrected chi connectivity index (χ0v) is 12.7. The first kappa shape index (κ1) is 15.0. The van der Waals surface area contributed by atoms with Crippen LogP contribution in [-0.2, 0) is 6.42 Å². The van der Waals surface area contributed by atoms with Crippen LogP contribution in [0.4, 0.5) is 5.69 Å². The summed E-state index contributed by atoms with van der Waals surface area (Å²) in [5, 5.41) is 7.50. The van der Waals surface area contributed by atoms with Crippen LogP contribution in [0.5, 0.6) is 0 Å². The molecule has 2 rings (SSSR count). The van der Waals surface area contributed by atoms with Gasteiger partial charge in [0.2, 0.25) is 0 Å². The first-order valence-electron chi connectivity index (χ1n) is 6.86. The molecule has 0 atom stereocenters. The molecule has 0 aliphatic carbocycles. The van der Waals surface area contributed by atoms with Crippen LogP contribution in [0.3, 0.4) is 0 Å². The van der Waals surface area contributed by atoms with E-state index in [0.717, 1.165) is 17.7 Å². The molecule has 6 heteroatoms. The van der Waals surface area contributed by atoms with Crippen molar-refractivity contribution in [1.29, 1.82) is 0 Å². The molecular weight excluding hydrogens is 266 g/mol. The van der Waals surface area contributed by atoms with Gasteiger partial charge in [-0.15, -0.1) is 0 Å². The summed E-state index contributed by atoms with van der Waals surface area (Å²) in [7, 11) is 1.70. The van der Waals surface area contributed by atoms with E-state index in [9.17, 15) is 4.79 Å². The summed E-state index contributed by atoms with van der Waals surface area (Å²) in [6, 6.07) is 1.73. The molecule has 0 aromatic carbocycles. The van der Waals surface area contributed by atoms with E-state index in [4.69, 9.17) is 0 Å². The maximum absolute atomic E-state index is 12.6. The summed E-state index contributed by atoms with van der Waals surface area (Å²) < 4.78 is 0. The molecule has 0 unspecified atom stereocenters. The number of carbonyl (C=O) groups is 1. The number of rotatable bonds is 4. The predicted molar refractivity (Wildman–Crippen MR) is 80.1 cm³/mol. The van der Waals surface area contributed by atoms with E-state index in [2.05, 4.69) is 34.0 Å². The second kappa shape index (κ2) is 6.39. The fourth-order valence-electron chi connectivity index (χ4n) is 2.05. The Bertz CT molecular complexity index is 627. The fraction of sp³-hybridized carbons (Fsp3) is 0.400. The summed E-state index contributed by atoms with van der Waals surface area (Å²) in [6.07, 6.45) is 5.38. The lowest BCUT2D eigenvalue weighted by atomic mass is 10.0. The highest BCUT2D eigenvalue weighted by molar-refractivity contribution is 6.05. The molecule has 2 heterocycles. The van der Waals surface area contributed by atoms with Gasteiger partial charge < -0.3 is 4.90 Å². The Morgan fingerprint density at radius 3 is 2.67 bits per heavy atom. The van der Waals surface area contributed by atoms with E-state index in [1.807, 2.05) is 6.92 Å². The molecule has 0 saturated heterocycles. The molecule has 0 N–H and O–H groups in total. The first-order chi connectivity index (χ1) is 10.0. The maximum Gasteiger partial charge on any atom is 0.277 e. The van der Waals surface area contributed by atoms with Gasteiger partial charge in [0, 0.05) is 18.3 Å². The second-order valence-electron chi connectivity index (χ2n) is 5.36. The van der Waals surface area contributed by atoms with Crippen molar-refractivity contribution in [3.8, 4) is 0 Å². The Morgan fingerprint density at radius 2 is 2.05 bits per heavy atom. The Hall–Kier alpha value is -2.37. The van der Waals surface area contributed by atoms with Gasteiger partial charge in [0.25, 0.3) is 5.91 Å². The van der Waals surface area contributed by atoms with Gasteiger partial charge in [0.05, 0.1) is 18.1 Å². The van der Waals surface area contributed by atoms with Crippen molar-refractivity contribution in [2.24, 2.45) is 5.92 Å².